The van der Waals surface area contributed by atoms with Gasteiger partial charge in [0.05, 0.1) is 11.9 Å². The lowest BCUT2D eigenvalue weighted by atomic mass is 10.1. The molecule has 3 heteroatoms. The van der Waals surface area contributed by atoms with E-state index in [1.165, 1.54) is 0 Å². The van der Waals surface area contributed by atoms with Crippen LogP contribution < -0.4 is 9.47 Å². The maximum absolute atomic E-state index is 5.87. The third-order valence-electron chi connectivity index (χ3n) is 3.20. The zero-order chi connectivity index (χ0) is 12.7. The van der Waals surface area contributed by atoms with E-state index in [-0.39, 0.29) is 0 Å². The minimum Gasteiger partial charge on any atom is -0.453 e. The van der Waals surface area contributed by atoms with Crippen molar-refractivity contribution in [3.05, 3.63) is 66.3 Å². The van der Waals surface area contributed by atoms with Crippen molar-refractivity contribution in [1.29, 1.82) is 0 Å². The zero-order valence-electron chi connectivity index (χ0n) is 10.2. The Morgan fingerprint density at radius 3 is 2.79 bits per heavy atom. The summed E-state index contributed by atoms with van der Waals surface area (Å²) < 4.78 is 11.6. The first-order valence-corrected chi connectivity index (χ1v) is 6.21. The van der Waals surface area contributed by atoms with Crippen molar-refractivity contribution in [2.75, 3.05) is 0 Å². The van der Waals surface area contributed by atoms with E-state index in [1.807, 2.05) is 48.6 Å². The molecule has 1 aromatic heterocycles. The molecular weight excluding hydrogens is 238 g/mol. The first-order chi connectivity index (χ1) is 9.40. The van der Waals surface area contributed by atoms with Gasteiger partial charge in [-0.2, -0.15) is 0 Å². The Morgan fingerprint density at radius 1 is 1.00 bits per heavy atom. The largest absolute Gasteiger partial charge is 0.453 e. The van der Waals surface area contributed by atoms with Crippen molar-refractivity contribution in [3.63, 3.8) is 0 Å². The number of pyridine rings is 1. The van der Waals surface area contributed by atoms with Gasteiger partial charge in [-0.15, -0.1) is 0 Å². The second kappa shape index (κ2) is 3.99. The second-order valence-electron chi connectivity index (χ2n) is 4.48. The molecule has 1 aliphatic heterocycles. The van der Waals surface area contributed by atoms with Crippen LogP contribution in [0.5, 0.6) is 11.5 Å². The summed E-state index contributed by atoms with van der Waals surface area (Å²) >= 11 is 0. The van der Waals surface area contributed by atoms with E-state index in [4.69, 9.17) is 9.47 Å². The van der Waals surface area contributed by atoms with E-state index >= 15 is 0 Å². The van der Waals surface area contributed by atoms with Crippen molar-refractivity contribution in [2.45, 2.75) is 6.42 Å². The number of nitrogens with zero attached hydrogens (tertiary/aromatic N) is 1. The molecule has 0 fully saturated rings. The van der Waals surface area contributed by atoms with E-state index < -0.39 is 0 Å². The molecule has 19 heavy (non-hydrogen) atoms. The van der Waals surface area contributed by atoms with Crippen LogP contribution in [0.2, 0.25) is 0 Å². The van der Waals surface area contributed by atoms with Crippen molar-refractivity contribution in [2.24, 2.45) is 0 Å². The zero-order valence-corrected chi connectivity index (χ0v) is 10.2. The lowest BCUT2D eigenvalue weighted by Crippen LogP contribution is -2.08. The highest BCUT2D eigenvalue weighted by Crippen LogP contribution is 2.39. The Bertz CT molecular complexity index is 702. The van der Waals surface area contributed by atoms with Gasteiger partial charge in [0.1, 0.15) is 0 Å². The summed E-state index contributed by atoms with van der Waals surface area (Å²) in [6, 6.07) is 12.0. The van der Waals surface area contributed by atoms with Crippen molar-refractivity contribution in [1.82, 2.24) is 4.98 Å². The summed E-state index contributed by atoms with van der Waals surface area (Å²) in [5.41, 5.74) is 1.95. The molecule has 0 atom stereocenters. The highest BCUT2D eigenvalue weighted by atomic mass is 16.6. The molecule has 0 saturated heterocycles. The van der Waals surface area contributed by atoms with Gasteiger partial charge in [0.2, 0.25) is 0 Å². The van der Waals surface area contributed by atoms with Gasteiger partial charge in [0.15, 0.2) is 23.0 Å². The number of benzene rings is 1. The van der Waals surface area contributed by atoms with Crippen molar-refractivity contribution >= 4 is 0 Å². The Balaban J connectivity index is 1.74. The van der Waals surface area contributed by atoms with E-state index in [9.17, 15) is 0 Å². The van der Waals surface area contributed by atoms with Crippen LogP contribution in [0.3, 0.4) is 0 Å². The summed E-state index contributed by atoms with van der Waals surface area (Å²) in [6.07, 6.45) is 6.47. The predicted molar refractivity (Wildman–Crippen MR) is 71.7 cm³/mol. The van der Waals surface area contributed by atoms with Crippen LogP contribution in [-0.2, 0) is 0 Å². The number of rotatable bonds is 1. The van der Waals surface area contributed by atoms with Gasteiger partial charge in [0.25, 0.3) is 0 Å². The monoisotopic (exact) mass is 249 g/mol. The topological polar surface area (TPSA) is 31.4 Å². The van der Waals surface area contributed by atoms with Gasteiger partial charge in [-0.25, -0.2) is 0 Å². The lowest BCUT2D eigenvalue weighted by molar-refractivity contribution is 0.304. The number of ether oxygens (including phenoxy) is 2. The molecule has 2 heterocycles. The number of allylic oxidation sites excluding steroid dienone is 2. The second-order valence-corrected chi connectivity index (χ2v) is 4.48. The lowest BCUT2D eigenvalue weighted by Gasteiger charge is -2.19. The molecule has 0 radical (unpaired) electrons. The molecule has 0 saturated carbocycles. The van der Waals surface area contributed by atoms with E-state index in [0.717, 1.165) is 34.9 Å². The van der Waals surface area contributed by atoms with E-state index in [2.05, 4.69) is 4.98 Å². The van der Waals surface area contributed by atoms with Crippen molar-refractivity contribution in [3.8, 4) is 22.8 Å². The Hall–Kier alpha value is -2.55. The molecule has 1 aromatic carbocycles. The molecule has 92 valence electrons. The molecule has 2 aliphatic rings. The highest BCUT2D eigenvalue weighted by Gasteiger charge is 2.23. The van der Waals surface area contributed by atoms with Crippen LogP contribution >= 0.6 is 0 Å². The summed E-state index contributed by atoms with van der Waals surface area (Å²) in [6.45, 7) is 0. The number of hydrogen-bond acceptors (Lipinski definition) is 3. The first-order valence-electron chi connectivity index (χ1n) is 6.21. The van der Waals surface area contributed by atoms with Crippen LogP contribution in [0.25, 0.3) is 11.3 Å². The smallest absolute Gasteiger partial charge is 0.188 e. The standard InChI is InChI=1S/C16H11NO2/c1-2-5-11(6-3-1)12-9-15-16(10-17-12)19-14-8-4-7-13(14)18-15/h1-6,8-10H,7H2. The average Bonchev–Trinajstić information content (AvgIpc) is 2.92. The van der Waals surface area contributed by atoms with Crippen LogP contribution in [0.4, 0.5) is 0 Å². The fourth-order valence-corrected chi connectivity index (χ4v) is 2.25. The fourth-order valence-electron chi connectivity index (χ4n) is 2.25. The normalized spacial score (nSPS) is 15.6. The van der Waals surface area contributed by atoms with Gasteiger partial charge in [-0.1, -0.05) is 36.4 Å². The third kappa shape index (κ3) is 1.71. The molecule has 0 unspecified atom stereocenters. The summed E-state index contributed by atoms with van der Waals surface area (Å²) in [5, 5.41) is 0. The first kappa shape index (κ1) is 10.4. The Morgan fingerprint density at radius 2 is 1.89 bits per heavy atom. The van der Waals surface area contributed by atoms with Crippen LogP contribution in [-0.4, -0.2) is 4.98 Å². The van der Waals surface area contributed by atoms with Crippen LogP contribution in [0, 0.1) is 0 Å². The molecule has 0 amide bonds. The highest BCUT2D eigenvalue weighted by molar-refractivity contribution is 5.63. The van der Waals surface area contributed by atoms with Crippen molar-refractivity contribution < 1.29 is 9.47 Å². The van der Waals surface area contributed by atoms with E-state index in [0.29, 0.717) is 5.75 Å². The van der Waals surface area contributed by atoms with Gasteiger partial charge in [-0.05, 0) is 6.08 Å². The number of fused-ring (bicyclic) bond motifs is 1. The predicted octanol–water partition coefficient (Wildman–Crippen LogP) is 3.69. The maximum atomic E-state index is 5.87. The number of hydrogen-bond donors (Lipinski definition) is 0. The Kier molecular flexibility index (Phi) is 2.18. The third-order valence-corrected chi connectivity index (χ3v) is 3.20. The average molecular weight is 249 g/mol. The summed E-state index contributed by atoms with van der Waals surface area (Å²) in [7, 11) is 0. The van der Waals surface area contributed by atoms with Gasteiger partial charge in [-0.3, -0.25) is 4.98 Å². The molecule has 2 aromatic rings. The van der Waals surface area contributed by atoms with Crippen LogP contribution in [0.15, 0.2) is 66.3 Å². The number of aromatic nitrogens is 1. The molecule has 4 rings (SSSR count). The minimum atomic E-state index is 0.671. The molecule has 1 aliphatic carbocycles. The molecule has 0 spiro atoms. The van der Waals surface area contributed by atoms with Crippen LogP contribution in [0.1, 0.15) is 6.42 Å². The fraction of sp³-hybridized carbons (Fsp3) is 0.0625. The molecule has 3 nitrogen and oxygen atoms in total. The SMILES string of the molecule is C1=CC2=C(C1)Oc1cc(-c3ccccc3)ncc1O2. The van der Waals surface area contributed by atoms with Gasteiger partial charge in [0, 0.05) is 18.1 Å². The minimum absolute atomic E-state index is 0.671. The van der Waals surface area contributed by atoms with Gasteiger partial charge >= 0.3 is 0 Å². The maximum Gasteiger partial charge on any atom is 0.188 e. The summed E-state index contributed by atoms with van der Waals surface area (Å²) in [4.78, 5) is 4.42. The molecular formula is C16H11NO2. The molecule has 0 bridgehead atoms. The summed E-state index contributed by atoms with van der Waals surface area (Å²) in [5.74, 6) is 3.07. The quantitative estimate of drug-likeness (QED) is 0.772. The van der Waals surface area contributed by atoms with E-state index in [1.54, 1.807) is 6.20 Å². The Labute approximate surface area is 110 Å². The molecule has 0 N–H and O–H groups in total. The van der Waals surface area contributed by atoms with Gasteiger partial charge < -0.3 is 9.47 Å².